The highest BCUT2D eigenvalue weighted by Crippen LogP contribution is 2.52. The topological polar surface area (TPSA) is 46.3 Å². The van der Waals surface area contributed by atoms with Crippen molar-refractivity contribution in [1.29, 1.82) is 0 Å². The lowest BCUT2D eigenvalue weighted by atomic mass is 9.65. The Morgan fingerprint density at radius 1 is 1.38 bits per heavy atom. The molecule has 3 nitrogen and oxygen atoms in total. The van der Waals surface area contributed by atoms with Crippen LogP contribution in [0.2, 0.25) is 0 Å². The number of fused-ring (bicyclic) bond motifs is 2. The molecule has 2 rings (SSSR count). The number of likely N-dealkylation sites (tertiary alicyclic amines) is 1. The molecular formula is C13H24N2O. The summed E-state index contributed by atoms with van der Waals surface area (Å²) in [5, 5.41) is 0. The summed E-state index contributed by atoms with van der Waals surface area (Å²) >= 11 is 0. The minimum atomic E-state index is -0.175. The molecule has 92 valence electrons. The third-order valence-corrected chi connectivity index (χ3v) is 4.17. The van der Waals surface area contributed by atoms with Gasteiger partial charge in [-0.1, -0.05) is 20.8 Å². The minimum Gasteiger partial charge on any atom is -0.370 e. The van der Waals surface area contributed by atoms with Crippen LogP contribution >= 0.6 is 0 Å². The van der Waals surface area contributed by atoms with Crippen LogP contribution in [0.1, 0.15) is 46.5 Å². The SMILES string of the molecule is CC1(C)C[C@H]2C[C@@](C)(CN2CCC(N)=O)C1. The molecule has 1 aliphatic heterocycles. The summed E-state index contributed by atoms with van der Waals surface area (Å²) in [4.78, 5) is 13.3. The normalized spacial score (nSPS) is 37.6. The zero-order valence-corrected chi connectivity index (χ0v) is 10.8. The second-order valence-electron chi connectivity index (χ2n) is 6.90. The summed E-state index contributed by atoms with van der Waals surface area (Å²) in [6, 6.07) is 0.674. The highest BCUT2D eigenvalue weighted by molar-refractivity contribution is 5.73. The Bertz CT molecular complexity index is 300. The summed E-state index contributed by atoms with van der Waals surface area (Å²) < 4.78 is 0. The third-order valence-electron chi connectivity index (χ3n) is 4.17. The quantitative estimate of drug-likeness (QED) is 0.794. The maximum Gasteiger partial charge on any atom is 0.218 e. The highest BCUT2D eigenvalue weighted by atomic mass is 16.1. The molecule has 0 aromatic heterocycles. The molecule has 3 heteroatoms. The number of nitrogens with two attached hydrogens (primary N) is 1. The van der Waals surface area contributed by atoms with Crippen molar-refractivity contribution < 1.29 is 4.79 Å². The molecule has 0 spiro atoms. The van der Waals surface area contributed by atoms with Gasteiger partial charge in [0.2, 0.25) is 5.91 Å². The molecule has 1 saturated carbocycles. The summed E-state index contributed by atoms with van der Waals surface area (Å²) in [6.45, 7) is 9.13. The van der Waals surface area contributed by atoms with E-state index in [0.29, 0.717) is 23.3 Å². The minimum absolute atomic E-state index is 0.175. The van der Waals surface area contributed by atoms with E-state index in [4.69, 9.17) is 5.73 Å². The molecule has 0 aromatic carbocycles. The van der Waals surface area contributed by atoms with Gasteiger partial charge in [-0.3, -0.25) is 9.69 Å². The van der Waals surface area contributed by atoms with E-state index in [1.54, 1.807) is 0 Å². The van der Waals surface area contributed by atoms with Gasteiger partial charge in [-0.2, -0.15) is 0 Å². The molecule has 2 atom stereocenters. The fraction of sp³-hybridized carbons (Fsp3) is 0.923. The van der Waals surface area contributed by atoms with Crippen LogP contribution in [0.3, 0.4) is 0 Å². The first-order valence-corrected chi connectivity index (χ1v) is 6.32. The van der Waals surface area contributed by atoms with Gasteiger partial charge in [0.05, 0.1) is 0 Å². The molecule has 2 N–H and O–H groups in total. The smallest absolute Gasteiger partial charge is 0.218 e. The number of nitrogens with zero attached hydrogens (tertiary/aromatic N) is 1. The number of rotatable bonds is 3. The van der Waals surface area contributed by atoms with Crippen molar-refractivity contribution >= 4 is 5.91 Å². The molecule has 2 fully saturated rings. The first kappa shape index (κ1) is 11.9. The second kappa shape index (κ2) is 3.73. The fourth-order valence-electron chi connectivity index (χ4n) is 4.09. The number of hydrogen-bond acceptors (Lipinski definition) is 2. The molecule has 2 aliphatic rings. The van der Waals surface area contributed by atoms with E-state index in [1.165, 1.54) is 19.3 Å². The molecule has 0 unspecified atom stereocenters. The summed E-state index contributed by atoms with van der Waals surface area (Å²) in [5.41, 5.74) is 6.15. The first-order valence-electron chi connectivity index (χ1n) is 6.32. The van der Waals surface area contributed by atoms with Crippen molar-refractivity contribution in [3.8, 4) is 0 Å². The van der Waals surface area contributed by atoms with E-state index in [1.807, 2.05) is 0 Å². The number of primary amides is 1. The second-order valence-corrected chi connectivity index (χ2v) is 6.90. The van der Waals surface area contributed by atoms with Crippen LogP contribution in [0.4, 0.5) is 0 Å². The van der Waals surface area contributed by atoms with Gasteiger partial charge in [-0.25, -0.2) is 0 Å². The third kappa shape index (κ3) is 2.40. The van der Waals surface area contributed by atoms with Crippen molar-refractivity contribution in [3.05, 3.63) is 0 Å². The molecule has 1 heterocycles. The maximum atomic E-state index is 10.9. The van der Waals surface area contributed by atoms with Crippen LogP contribution in [-0.2, 0) is 4.79 Å². The van der Waals surface area contributed by atoms with Crippen molar-refractivity contribution in [2.45, 2.75) is 52.5 Å². The van der Waals surface area contributed by atoms with Gasteiger partial charge in [0.25, 0.3) is 0 Å². The summed E-state index contributed by atoms with van der Waals surface area (Å²) in [7, 11) is 0. The van der Waals surface area contributed by atoms with Gasteiger partial charge in [0, 0.05) is 25.6 Å². The van der Waals surface area contributed by atoms with Gasteiger partial charge in [0.1, 0.15) is 0 Å². The van der Waals surface area contributed by atoms with Crippen LogP contribution in [0.15, 0.2) is 0 Å². The van der Waals surface area contributed by atoms with Gasteiger partial charge >= 0.3 is 0 Å². The Balaban J connectivity index is 2.02. The standard InChI is InChI=1S/C13H24N2O/c1-12(2)6-10-7-13(3,8-12)9-15(10)5-4-11(14)16/h10H,4-9H2,1-3H3,(H2,14,16)/t10-,13+/m0/s1. The zero-order chi connectivity index (χ0) is 12.0. The Labute approximate surface area is 98.4 Å². The van der Waals surface area contributed by atoms with Crippen molar-refractivity contribution in [3.63, 3.8) is 0 Å². The Kier molecular flexibility index (Phi) is 2.77. The van der Waals surface area contributed by atoms with Crippen LogP contribution in [0.25, 0.3) is 0 Å². The number of hydrogen-bond donors (Lipinski definition) is 1. The molecule has 0 radical (unpaired) electrons. The average Bonchev–Trinajstić information content (AvgIpc) is 2.31. The van der Waals surface area contributed by atoms with Gasteiger partial charge in [0.15, 0.2) is 0 Å². The van der Waals surface area contributed by atoms with E-state index in [0.717, 1.165) is 13.1 Å². The van der Waals surface area contributed by atoms with E-state index >= 15 is 0 Å². The lowest BCUT2D eigenvalue weighted by Gasteiger charge is -2.39. The largest absolute Gasteiger partial charge is 0.370 e. The molecular weight excluding hydrogens is 200 g/mol. The lowest BCUT2D eigenvalue weighted by Crippen LogP contribution is -2.35. The molecule has 1 saturated heterocycles. The summed E-state index contributed by atoms with van der Waals surface area (Å²) in [6.07, 6.45) is 4.38. The highest BCUT2D eigenvalue weighted by Gasteiger charge is 2.49. The molecule has 1 amide bonds. The average molecular weight is 224 g/mol. The van der Waals surface area contributed by atoms with Crippen LogP contribution in [0.5, 0.6) is 0 Å². The fourth-order valence-corrected chi connectivity index (χ4v) is 4.09. The molecule has 16 heavy (non-hydrogen) atoms. The van der Waals surface area contributed by atoms with Crippen molar-refractivity contribution in [2.75, 3.05) is 13.1 Å². The van der Waals surface area contributed by atoms with Crippen molar-refractivity contribution in [1.82, 2.24) is 4.90 Å². The lowest BCUT2D eigenvalue weighted by molar-refractivity contribution is -0.118. The van der Waals surface area contributed by atoms with E-state index in [2.05, 4.69) is 25.7 Å². The van der Waals surface area contributed by atoms with E-state index < -0.39 is 0 Å². The molecule has 2 bridgehead atoms. The predicted octanol–water partition coefficient (Wildman–Crippen LogP) is 1.76. The molecule has 1 aliphatic carbocycles. The number of amides is 1. The Morgan fingerprint density at radius 3 is 2.69 bits per heavy atom. The maximum absolute atomic E-state index is 10.9. The van der Waals surface area contributed by atoms with Crippen LogP contribution < -0.4 is 5.73 Å². The van der Waals surface area contributed by atoms with E-state index in [-0.39, 0.29) is 5.91 Å². The monoisotopic (exact) mass is 224 g/mol. The predicted molar refractivity (Wildman–Crippen MR) is 64.9 cm³/mol. The molecule has 0 aromatic rings. The van der Waals surface area contributed by atoms with Crippen LogP contribution in [0, 0.1) is 10.8 Å². The Hall–Kier alpha value is -0.570. The van der Waals surface area contributed by atoms with Gasteiger partial charge in [-0.15, -0.1) is 0 Å². The van der Waals surface area contributed by atoms with Crippen molar-refractivity contribution in [2.24, 2.45) is 16.6 Å². The number of carbonyl (C=O) groups excluding carboxylic acids is 1. The van der Waals surface area contributed by atoms with E-state index in [9.17, 15) is 4.79 Å². The van der Waals surface area contributed by atoms with Gasteiger partial charge < -0.3 is 5.73 Å². The van der Waals surface area contributed by atoms with Gasteiger partial charge in [-0.05, 0) is 30.1 Å². The zero-order valence-electron chi connectivity index (χ0n) is 10.8. The first-order chi connectivity index (χ1) is 7.30. The summed E-state index contributed by atoms with van der Waals surface area (Å²) in [5.74, 6) is -0.175. The van der Waals surface area contributed by atoms with Crippen LogP contribution in [-0.4, -0.2) is 29.9 Å². The number of carbonyl (C=O) groups is 1. The Morgan fingerprint density at radius 2 is 2.06 bits per heavy atom.